The lowest BCUT2D eigenvalue weighted by Crippen LogP contribution is -2.20. The zero-order chi connectivity index (χ0) is 17.3. The Hall–Kier alpha value is -3.59. The molecule has 118 valence electrons. The molecule has 24 heavy (non-hydrogen) atoms. The lowest BCUT2D eigenvalue weighted by molar-refractivity contribution is -0.118. The summed E-state index contributed by atoms with van der Waals surface area (Å²) in [6.45, 7) is 0. The fourth-order valence-electron chi connectivity index (χ4n) is 2.44. The second-order valence-corrected chi connectivity index (χ2v) is 5.25. The van der Waals surface area contributed by atoms with Crippen molar-refractivity contribution in [3.05, 3.63) is 59.7 Å². The zero-order valence-electron chi connectivity index (χ0n) is 12.3. The van der Waals surface area contributed by atoms with Crippen LogP contribution in [-0.4, -0.2) is 26.9 Å². The minimum Gasteiger partial charge on any atom is -0.508 e. The van der Waals surface area contributed by atoms with Crippen LogP contribution in [0.1, 0.15) is 11.1 Å². The van der Waals surface area contributed by atoms with E-state index in [9.17, 15) is 25.4 Å². The van der Waals surface area contributed by atoms with Gasteiger partial charge in [-0.05, 0) is 53.6 Å². The van der Waals surface area contributed by atoms with Gasteiger partial charge in [-0.25, -0.2) is 4.99 Å². The standard InChI is InChI=1S/C18H12N2O4/c19-9-14-13(11-3-6-16(22)17(23)7-11)8-15(20-18(14)24)10-1-4-12(21)5-2-10/h1-8,14,21-23H. The fraction of sp³-hybridized carbons (Fsp3) is 0.0556. The van der Waals surface area contributed by atoms with Crippen LogP contribution in [0, 0.1) is 17.2 Å². The average Bonchev–Trinajstić information content (AvgIpc) is 2.57. The summed E-state index contributed by atoms with van der Waals surface area (Å²) in [6, 6.07) is 12.2. The third kappa shape index (κ3) is 2.71. The Labute approximate surface area is 137 Å². The largest absolute Gasteiger partial charge is 0.508 e. The molecule has 0 aromatic heterocycles. The van der Waals surface area contributed by atoms with Crippen molar-refractivity contribution in [3.63, 3.8) is 0 Å². The lowest BCUT2D eigenvalue weighted by atomic mass is 9.88. The van der Waals surface area contributed by atoms with Crippen LogP contribution in [0.4, 0.5) is 0 Å². The Kier molecular flexibility index (Phi) is 3.76. The van der Waals surface area contributed by atoms with Crippen molar-refractivity contribution in [2.45, 2.75) is 0 Å². The van der Waals surface area contributed by atoms with Gasteiger partial charge in [0.25, 0.3) is 5.91 Å². The Balaban J connectivity index is 2.11. The summed E-state index contributed by atoms with van der Waals surface area (Å²) < 4.78 is 0. The number of allylic oxidation sites excluding steroid dienone is 1. The number of hydrogen-bond donors (Lipinski definition) is 3. The maximum absolute atomic E-state index is 12.2. The van der Waals surface area contributed by atoms with E-state index in [2.05, 4.69) is 4.99 Å². The summed E-state index contributed by atoms with van der Waals surface area (Å²) in [7, 11) is 0. The molecule has 3 rings (SSSR count). The molecule has 2 aromatic rings. The summed E-state index contributed by atoms with van der Waals surface area (Å²) in [5, 5.41) is 37.7. The predicted molar refractivity (Wildman–Crippen MR) is 86.5 cm³/mol. The van der Waals surface area contributed by atoms with E-state index < -0.39 is 11.8 Å². The van der Waals surface area contributed by atoms with Crippen molar-refractivity contribution in [1.29, 1.82) is 5.26 Å². The smallest absolute Gasteiger partial charge is 0.268 e. The molecule has 0 saturated heterocycles. The molecule has 0 fully saturated rings. The number of dihydropyridines is 1. The number of benzene rings is 2. The number of nitriles is 1. The van der Waals surface area contributed by atoms with Gasteiger partial charge in [0.2, 0.25) is 0 Å². The van der Waals surface area contributed by atoms with E-state index in [1.54, 1.807) is 18.2 Å². The van der Waals surface area contributed by atoms with E-state index in [1.807, 2.05) is 6.07 Å². The molecule has 0 spiro atoms. The number of carbonyl (C=O) groups is 1. The van der Waals surface area contributed by atoms with Crippen LogP contribution in [0.3, 0.4) is 0 Å². The van der Waals surface area contributed by atoms with Crippen molar-refractivity contribution in [2.75, 3.05) is 0 Å². The molecule has 1 aliphatic rings. The number of amides is 1. The summed E-state index contributed by atoms with van der Waals surface area (Å²) in [5.74, 6) is -2.24. The molecule has 0 radical (unpaired) electrons. The Morgan fingerprint density at radius 1 is 0.958 bits per heavy atom. The number of phenols is 3. The van der Waals surface area contributed by atoms with Crippen molar-refractivity contribution in [2.24, 2.45) is 10.9 Å². The highest BCUT2D eigenvalue weighted by atomic mass is 16.3. The molecule has 0 saturated carbocycles. The normalized spacial score (nSPS) is 17.0. The highest BCUT2D eigenvalue weighted by Crippen LogP contribution is 2.34. The molecule has 1 heterocycles. The van der Waals surface area contributed by atoms with Crippen LogP contribution in [0.25, 0.3) is 5.57 Å². The SMILES string of the molecule is N#CC1C(=O)N=C(c2ccc(O)cc2)C=C1c1ccc(O)c(O)c1. The fourth-order valence-corrected chi connectivity index (χ4v) is 2.44. The molecular weight excluding hydrogens is 308 g/mol. The van der Waals surface area contributed by atoms with Gasteiger partial charge in [0, 0.05) is 5.56 Å². The van der Waals surface area contributed by atoms with E-state index in [0.29, 0.717) is 22.4 Å². The van der Waals surface area contributed by atoms with E-state index in [4.69, 9.17) is 0 Å². The van der Waals surface area contributed by atoms with E-state index >= 15 is 0 Å². The van der Waals surface area contributed by atoms with Gasteiger partial charge in [-0.2, -0.15) is 5.26 Å². The van der Waals surface area contributed by atoms with Gasteiger partial charge in [-0.3, -0.25) is 4.79 Å². The maximum Gasteiger partial charge on any atom is 0.268 e. The number of rotatable bonds is 2. The van der Waals surface area contributed by atoms with Crippen LogP contribution in [-0.2, 0) is 4.79 Å². The van der Waals surface area contributed by atoms with Crippen molar-refractivity contribution >= 4 is 17.2 Å². The quantitative estimate of drug-likeness (QED) is 0.735. The molecule has 1 atom stereocenters. The van der Waals surface area contributed by atoms with Crippen molar-refractivity contribution in [1.82, 2.24) is 0 Å². The first-order chi connectivity index (χ1) is 11.5. The molecule has 1 amide bonds. The van der Waals surface area contributed by atoms with Gasteiger partial charge in [-0.15, -0.1) is 0 Å². The van der Waals surface area contributed by atoms with E-state index in [1.165, 1.54) is 30.3 Å². The van der Waals surface area contributed by atoms with Crippen LogP contribution < -0.4 is 0 Å². The van der Waals surface area contributed by atoms with Crippen LogP contribution >= 0.6 is 0 Å². The number of hydrogen-bond acceptors (Lipinski definition) is 5. The first-order valence-corrected chi connectivity index (χ1v) is 7.05. The molecule has 1 aliphatic heterocycles. The average molecular weight is 320 g/mol. The maximum atomic E-state index is 12.2. The third-order valence-corrected chi connectivity index (χ3v) is 3.68. The molecule has 0 bridgehead atoms. The van der Waals surface area contributed by atoms with Crippen LogP contribution in [0.15, 0.2) is 53.5 Å². The predicted octanol–water partition coefficient (Wildman–Crippen LogP) is 2.36. The zero-order valence-corrected chi connectivity index (χ0v) is 12.3. The third-order valence-electron chi connectivity index (χ3n) is 3.68. The van der Waals surface area contributed by atoms with Crippen LogP contribution in [0.2, 0.25) is 0 Å². The van der Waals surface area contributed by atoms with Gasteiger partial charge in [0.1, 0.15) is 5.75 Å². The molecule has 6 heteroatoms. The van der Waals surface area contributed by atoms with E-state index in [0.717, 1.165) is 0 Å². The highest BCUT2D eigenvalue weighted by molar-refractivity contribution is 6.21. The summed E-state index contributed by atoms with van der Waals surface area (Å²) >= 11 is 0. The minimum atomic E-state index is -1.09. The van der Waals surface area contributed by atoms with Gasteiger partial charge < -0.3 is 15.3 Å². The first kappa shape index (κ1) is 15.3. The van der Waals surface area contributed by atoms with Crippen molar-refractivity contribution in [3.8, 4) is 23.3 Å². The summed E-state index contributed by atoms with van der Waals surface area (Å²) in [5.41, 5.74) is 1.79. The minimum absolute atomic E-state index is 0.0871. The van der Waals surface area contributed by atoms with E-state index in [-0.39, 0.29) is 17.2 Å². The second-order valence-electron chi connectivity index (χ2n) is 5.25. The molecule has 6 nitrogen and oxygen atoms in total. The monoisotopic (exact) mass is 320 g/mol. The number of nitrogens with zero attached hydrogens (tertiary/aromatic N) is 2. The molecular formula is C18H12N2O4. The second kappa shape index (κ2) is 5.89. The Morgan fingerprint density at radius 3 is 2.25 bits per heavy atom. The Bertz CT molecular complexity index is 921. The van der Waals surface area contributed by atoms with Gasteiger partial charge >= 0.3 is 0 Å². The summed E-state index contributed by atoms with van der Waals surface area (Å²) in [6.07, 6.45) is 1.59. The molecule has 0 aliphatic carbocycles. The lowest BCUT2D eigenvalue weighted by Gasteiger charge is -2.17. The first-order valence-electron chi connectivity index (χ1n) is 7.05. The highest BCUT2D eigenvalue weighted by Gasteiger charge is 2.28. The number of aromatic hydroxyl groups is 3. The number of phenolic OH excluding ortho intramolecular Hbond substituents is 3. The topological polar surface area (TPSA) is 114 Å². The van der Waals surface area contributed by atoms with Gasteiger partial charge in [0.05, 0.1) is 11.8 Å². The van der Waals surface area contributed by atoms with Crippen LogP contribution in [0.5, 0.6) is 17.2 Å². The number of carbonyl (C=O) groups excluding carboxylic acids is 1. The Morgan fingerprint density at radius 2 is 1.62 bits per heavy atom. The molecule has 2 aromatic carbocycles. The van der Waals surface area contributed by atoms with Gasteiger partial charge in [0.15, 0.2) is 17.4 Å². The molecule has 3 N–H and O–H groups in total. The van der Waals surface area contributed by atoms with Gasteiger partial charge in [-0.1, -0.05) is 6.07 Å². The van der Waals surface area contributed by atoms with Crippen molar-refractivity contribution < 1.29 is 20.1 Å². The summed E-state index contributed by atoms with van der Waals surface area (Å²) in [4.78, 5) is 16.1. The molecule has 1 unspecified atom stereocenters. The number of aliphatic imine (C=N–C) groups is 1.